The summed E-state index contributed by atoms with van der Waals surface area (Å²) < 4.78 is 32.6. The Morgan fingerprint density at radius 1 is 1.18 bits per heavy atom. The Bertz CT molecular complexity index is 775. The van der Waals surface area contributed by atoms with Crippen LogP contribution in [0.3, 0.4) is 0 Å². The van der Waals surface area contributed by atoms with Crippen LogP contribution in [0.5, 0.6) is 5.75 Å². The van der Waals surface area contributed by atoms with Gasteiger partial charge in [0, 0.05) is 28.0 Å². The van der Waals surface area contributed by atoms with E-state index in [0.717, 1.165) is 46.9 Å². The van der Waals surface area contributed by atoms with Crippen LogP contribution in [0, 0.1) is 30.4 Å². The van der Waals surface area contributed by atoms with E-state index >= 15 is 0 Å². The molecule has 0 radical (unpaired) electrons. The molecule has 0 heterocycles. The van der Waals surface area contributed by atoms with Crippen molar-refractivity contribution in [1.29, 1.82) is 0 Å². The predicted octanol–water partition coefficient (Wildman–Crippen LogP) is 6.25. The first-order chi connectivity index (χ1) is 13.3. The smallest absolute Gasteiger partial charge is 0.165 e. The SMILES string of the molecule is C=C1CC[C@H](CO)CC1COc1c(F)ccc(F)c1C.Sc1ccc(Cl)cc1. The molecular weight excluding hydrogens is 402 g/mol. The number of hydrogen-bond acceptors (Lipinski definition) is 3. The van der Waals surface area contributed by atoms with Crippen molar-refractivity contribution >= 4 is 24.2 Å². The first kappa shape index (κ1) is 22.7. The Morgan fingerprint density at radius 3 is 2.43 bits per heavy atom. The summed E-state index contributed by atoms with van der Waals surface area (Å²) in [5.41, 5.74) is 1.24. The van der Waals surface area contributed by atoms with E-state index in [4.69, 9.17) is 16.3 Å². The van der Waals surface area contributed by atoms with Gasteiger partial charge in [-0.2, -0.15) is 0 Å². The lowest BCUT2D eigenvalue weighted by atomic mass is 9.79. The molecule has 152 valence electrons. The highest BCUT2D eigenvalue weighted by atomic mass is 35.5. The van der Waals surface area contributed by atoms with Crippen LogP contribution in [0.4, 0.5) is 8.78 Å². The zero-order valence-electron chi connectivity index (χ0n) is 15.8. The van der Waals surface area contributed by atoms with Gasteiger partial charge in [-0.05, 0) is 68.5 Å². The largest absolute Gasteiger partial charge is 0.490 e. The minimum atomic E-state index is -0.552. The van der Waals surface area contributed by atoms with Gasteiger partial charge in [-0.15, -0.1) is 12.6 Å². The first-order valence-corrected chi connectivity index (χ1v) is 9.94. The van der Waals surface area contributed by atoms with Crippen molar-refractivity contribution in [3.8, 4) is 5.75 Å². The summed E-state index contributed by atoms with van der Waals surface area (Å²) in [5.74, 6) is -0.722. The van der Waals surface area contributed by atoms with Crippen molar-refractivity contribution in [3.63, 3.8) is 0 Å². The Hall–Kier alpha value is -1.56. The molecule has 3 rings (SSSR count). The normalized spacial score (nSPS) is 19.0. The van der Waals surface area contributed by atoms with E-state index in [1.165, 1.54) is 6.92 Å². The van der Waals surface area contributed by atoms with Gasteiger partial charge < -0.3 is 9.84 Å². The monoisotopic (exact) mass is 426 g/mol. The molecule has 1 aliphatic carbocycles. The molecule has 1 N–H and O–H groups in total. The molecular formula is C22H25ClF2O2S. The van der Waals surface area contributed by atoms with Crippen LogP contribution in [-0.4, -0.2) is 18.3 Å². The molecule has 1 saturated carbocycles. The number of hydrogen-bond donors (Lipinski definition) is 2. The quantitative estimate of drug-likeness (QED) is 0.447. The van der Waals surface area contributed by atoms with Gasteiger partial charge in [0.2, 0.25) is 0 Å². The second-order valence-corrected chi connectivity index (χ2v) is 7.90. The second kappa shape index (κ2) is 10.8. The molecule has 2 nitrogen and oxygen atoms in total. The van der Waals surface area contributed by atoms with Crippen LogP contribution < -0.4 is 4.74 Å². The third-order valence-electron chi connectivity index (χ3n) is 4.87. The van der Waals surface area contributed by atoms with Gasteiger partial charge >= 0.3 is 0 Å². The molecule has 0 saturated heterocycles. The van der Waals surface area contributed by atoms with Crippen molar-refractivity contribution < 1.29 is 18.6 Å². The third kappa shape index (κ3) is 6.50. The van der Waals surface area contributed by atoms with Gasteiger partial charge in [-0.1, -0.05) is 23.8 Å². The molecule has 1 fully saturated rings. The zero-order chi connectivity index (χ0) is 20.7. The summed E-state index contributed by atoms with van der Waals surface area (Å²) in [6.07, 6.45) is 2.56. The van der Waals surface area contributed by atoms with E-state index < -0.39 is 11.6 Å². The molecule has 0 aliphatic heterocycles. The molecule has 1 unspecified atom stereocenters. The average Bonchev–Trinajstić information content (AvgIpc) is 2.69. The average molecular weight is 427 g/mol. The van der Waals surface area contributed by atoms with E-state index in [1.54, 1.807) is 0 Å². The van der Waals surface area contributed by atoms with Crippen molar-refractivity contribution in [2.45, 2.75) is 31.1 Å². The first-order valence-electron chi connectivity index (χ1n) is 9.12. The highest BCUT2D eigenvalue weighted by molar-refractivity contribution is 7.80. The number of halogens is 3. The number of rotatable bonds is 4. The molecule has 2 aromatic rings. The second-order valence-electron chi connectivity index (χ2n) is 6.95. The van der Waals surface area contributed by atoms with Crippen LogP contribution in [0.1, 0.15) is 24.8 Å². The van der Waals surface area contributed by atoms with Gasteiger partial charge in [0.05, 0.1) is 6.61 Å². The van der Waals surface area contributed by atoms with E-state index in [-0.39, 0.29) is 36.4 Å². The van der Waals surface area contributed by atoms with Gasteiger partial charge in [0.15, 0.2) is 11.6 Å². The lowest BCUT2D eigenvalue weighted by Crippen LogP contribution is -2.25. The van der Waals surface area contributed by atoms with Crippen LogP contribution in [-0.2, 0) is 0 Å². The Morgan fingerprint density at radius 2 is 1.82 bits per heavy atom. The highest BCUT2D eigenvalue weighted by Crippen LogP contribution is 2.33. The van der Waals surface area contributed by atoms with Crippen LogP contribution >= 0.6 is 24.2 Å². The standard InChI is InChI=1S/C16H20F2O2.C6H5ClS/c1-10-3-4-12(8-19)7-13(10)9-20-16-11(2)14(17)5-6-15(16)18;7-5-1-3-6(8)4-2-5/h5-6,12-13,19H,1,3-4,7-9H2,2H3;1-4,8H/t12-,13?;/m0./s1. The van der Waals surface area contributed by atoms with Crippen molar-refractivity contribution in [2.75, 3.05) is 13.2 Å². The van der Waals surface area contributed by atoms with E-state index in [0.29, 0.717) is 0 Å². The molecule has 1 aliphatic rings. The van der Waals surface area contributed by atoms with Crippen LogP contribution in [0.25, 0.3) is 0 Å². The maximum absolute atomic E-state index is 13.7. The summed E-state index contributed by atoms with van der Waals surface area (Å²) in [5, 5.41) is 9.98. The fourth-order valence-corrected chi connectivity index (χ4v) is 3.34. The van der Waals surface area contributed by atoms with Gasteiger partial charge in [-0.25, -0.2) is 8.78 Å². The highest BCUT2D eigenvalue weighted by Gasteiger charge is 2.25. The van der Waals surface area contributed by atoms with Crippen molar-refractivity contribution in [2.24, 2.45) is 11.8 Å². The summed E-state index contributed by atoms with van der Waals surface area (Å²) in [6.45, 7) is 5.93. The Kier molecular flexibility index (Phi) is 8.80. The number of ether oxygens (including phenoxy) is 1. The molecule has 6 heteroatoms. The van der Waals surface area contributed by atoms with Gasteiger partial charge in [0.25, 0.3) is 0 Å². The number of aliphatic hydroxyl groups is 1. The Labute approximate surface area is 175 Å². The molecule has 2 aromatic carbocycles. The summed E-state index contributed by atoms with van der Waals surface area (Å²) in [4.78, 5) is 0.939. The Balaban J connectivity index is 0.000000292. The fourth-order valence-electron chi connectivity index (χ4n) is 3.07. The van der Waals surface area contributed by atoms with Gasteiger partial charge in [-0.3, -0.25) is 0 Å². The maximum Gasteiger partial charge on any atom is 0.165 e. The molecule has 0 spiro atoms. The molecule has 28 heavy (non-hydrogen) atoms. The van der Waals surface area contributed by atoms with Crippen LogP contribution in [0.2, 0.25) is 5.02 Å². The summed E-state index contributed by atoms with van der Waals surface area (Å²) in [6, 6.07) is 9.49. The molecule has 0 amide bonds. The number of benzene rings is 2. The maximum atomic E-state index is 13.7. The lowest BCUT2D eigenvalue weighted by molar-refractivity contribution is 0.155. The summed E-state index contributed by atoms with van der Waals surface area (Å²) >= 11 is 9.65. The zero-order valence-corrected chi connectivity index (χ0v) is 17.4. The number of aliphatic hydroxyl groups excluding tert-OH is 1. The predicted molar refractivity (Wildman–Crippen MR) is 112 cm³/mol. The molecule has 0 aromatic heterocycles. The molecule has 2 atom stereocenters. The van der Waals surface area contributed by atoms with Crippen LogP contribution in [0.15, 0.2) is 53.4 Å². The summed E-state index contributed by atoms with van der Waals surface area (Å²) in [7, 11) is 0. The fraction of sp³-hybridized carbons (Fsp3) is 0.364. The van der Waals surface area contributed by atoms with Crippen molar-refractivity contribution in [3.05, 3.63) is 70.8 Å². The van der Waals surface area contributed by atoms with E-state index in [2.05, 4.69) is 19.2 Å². The van der Waals surface area contributed by atoms with Crippen molar-refractivity contribution in [1.82, 2.24) is 0 Å². The topological polar surface area (TPSA) is 29.5 Å². The third-order valence-corrected chi connectivity index (χ3v) is 5.42. The number of thiol groups is 1. The lowest BCUT2D eigenvalue weighted by Gasteiger charge is -2.30. The molecule has 0 bridgehead atoms. The van der Waals surface area contributed by atoms with E-state index in [1.807, 2.05) is 24.3 Å². The van der Waals surface area contributed by atoms with Gasteiger partial charge in [0.1, 0.15) is 5.82 Å². The minimum absolute atomic E-state index is 0.0241. The van der Waals surface area contributed by atoms with E-state index in [9.17, 15) is 13.9 Å². The minimum Gasteiger partial charge on any atom is -0.490 e.